The first-order valence-corrected chi connectivity index (χ1v) is 3.29. The number of benzene rings is 1. The summed E-state index contributed by atoms with van der Waals surface area (Å²) in [5.41, 5.74) is 0. The molecule has 0 radical (unpaired) electrons. The minimum Gasteiger partial charge on any atom is -0.0623 e. The molecule has 1 aromatic rings. The van der Waals surface area contributed by atoms with Gasteiger partial charge in [0.05, 0.1) is 0 Å². The van der Waals surface area contributed by atoms with Crippen LogP contribution in [0.4, 0.5) is 0 Å². The van der Waals surface area contributed by atoms with Gasteiger partial charge in [0.1, 0.15) is 0 Å². The summed E-state index contributed by atoms with van der Waals surface area (Å²) >= 11 is 0. The maximum Gasteiger partial charge on any atom is 0 e. The van der Waals surface area contributed by atoms with E-state index >= 15 is 0 Å². The monoisotopic (exact) mass is 148 g/mol. The van der Waals surface area contributed by atoms with Crippen LogP contribution in [0.3, 0.4) is 0 Å². The van der Waals surface area contributed by atoms with E-state index in [0.717, 1.165) is 0 Å². The molecule has 8 heavy (non-hydrogen) atoms. The van der Waals surface area contributed by atoms with E-state index in [1.807, 2.05) is 36.4 Å². The van der Waals surface area contributed by atoms with Gasteiger partial charge >= 0.3 is 0 Å². The smallest absolute Gasteiger partial charge is 0 e. The SMILES string of the molecule is ClCl.c1ccccc1. The van der Waals surface area contributed by atoms with Crippen LogP contribution in [0.2, 0.25) is 0 Å². The molecular formula is C6H6Cl2. The second-order valence-electron chi connectivity index (χ2n) is 1.15. The highest BCUT2D eigenvalue weighted by molar-refractivity contribution is 6.85. The van der Waals surface area contributed by atoms with Crippen LogP contribution in [0.15, 0.2) is 36.4 Å². The first-order chi connectivity index (χ1) is 4.00. The molecule has 44 valence electrons. The van der Waals surface area contributed by atoms with Crippen molar-refractivity contribution in [3.8, 4) is 0 Å². The molecule has 0 saturated heterocycles. The maximum absolute atomic E-state index is 4.11. The molecule has 0 fully saturated rings. The zero-order chi connectivity index (χ0) is 6.24. The quantitative estimate of drug-likeness (QED) is 0.531. The van der Waals surface area contributed by atoms with Gasteiger partial charge in [-0.1, -0.05) is 36.4 Å². The first kappa shape index (κ1) is 7.80. The molecule has 0 aliphatic rings. The Morgan fingerprint density at radius 2 is 0.625 bits per heavy atom. The number of rotatable bonds is 0. The van der Waals surface area contributed by atoms with Crippen molar-refractivity contribution in [2.45, 2.75) is 0 Å². The van der Waals surface area contributed by atoms with Gasteiger partial charge in [-0.25, -0.2) is 0 Å². The molecule has 0 aliphatic carbocycles. The highest BCUT2D eigenvalue weighted by Crippen LogP contribution is 1.79. The highest BCUT2D eigenvalue weighted by Gasteiger charge is 1.57. The molecule has 0 saturated carbocycles. The topological polar surface area (TPSA) is 0 Å². The van der Waals surface area contributed by atoms with Gasteiger partial charge in [0, 0.05) is 21.7 Å². The Morgan fingerprint density at radius 1 is 0.500 bits per heavy atom. The van der Waals surface area contributed by atoms with Gasteiger partial charge in [0.15, 0.2) is 0 Å². The van der Waals surface area contributed by atoms with E-state index in [-0.39, 0.29) is 0 Å². The van der Waals surface area contributed by atoms with Gasteiger partial charge in [-0.05, 0) is 0 Å². The highest BCUT2D eigenvalue weighted by atomic mass is 36.5. The van der Waals surface area contributed by atoms with E-state index in [1.54, 1.807) is 0 Å². The van der Waals surface area contributed by atoms with Crippen LogP contribution < -0.4 is 0 Å². The molecule has 1 rings (SSSR count). The fraction of sp³-hybridized carbons (Fsp3) is 0. The van der Waals surface area contributed by atoms with E-state index in [2.05, 4.69) is 21.7 Å². The van der Waals surface area contributed by atoms with Crippen LogP contribution in [0.5, 0.6) is 0 Å². The van der Waals surface area contributed by atoms with Crippen LogP contribution >= 0.6 is 21.7 Å². The second kappa shape index (κ2) is 6.80. The van der Waals surface area contributed by atoms with Crippen LogP contribution in [0, 0.1) is 0 Å². The Balaban J connectivity index is 0.000000222. The third-order valence-electron chi connectivity index (χ3n) is 0.667. The van der Waals surface area contributed by atoms with Crippen LogP contribution in [-0.4, -0.2) is 0 Å². The van der Waals surface area contributed by atoms with Gasteiger partial charge in [-0.3, -0.25) is 0 Å². The molecule has 0 heterocycles. The van der Waals surface area contributed by atoms with Gasteiger partial charge < -0.3 is 0 Å². The van der Waals surface area contributed by atoms with E-state index in [0.29, 0.717) is 0 Å². The molecule has 0 spiro atoms. The summed E-state index contributed by atoms with van der Waals surface area (Å²) in [5, 5.41) is 0. The van der Waals surface area contributed by atoms with Gasteiger partial charge in [-0.2, -0.15) is 0 Å². The Hall–Kier alpha value is -0.200. The van der Waals surface area contributed by atoms with E-state index in [4.69, 9.17) is 0 Å². The van der Waals surface area contributed by atoms with Crippen molar-refractivity contribution in [3.63, 3.8) is 0 Å². The number of halogens is 2. The lowest BCUT2D eigenvalue weighted by Gasteiger charge is -1.69. The van der Waals surface area contributed by atoms with Gasteiger partial charge in [-0.15, -0.1) is 0 Å². The Bertz CT molecular complexity index is 78.5. The molecular weight excluding hydrogens is 143 g/mol. The van der Waals surface area contributed by atoms with E-state index < -0.39 is 0 Å². The van der Waals surface area contributed by atoms with E-state index in [9.17, 15) is 0 Å². The molecule has 0 unspecified atom stereocenters. The Labute approximate surface area is 58.6 Å². The van der Waals surface area contributed by atoms with Crippen molar-refractivity contribution in [1.82, 2.24) is 0 Å². The average molecular weight is 149 g/mol. The lowest BCUT2D eigenvalue weighted by molar-refractivity contribution is 1.72. The first-order valence-electron chi connectivity index (χ1n) is 2.14. The Morgan fingerprint density at radius 3 is 0.750 bits per heavy atom. The van der Waals surface area contributed by atoms with Crippen LogP contribution in [0.1, 0.15) is 0 Å². The largest absolute Gasteiger partial charge is 0.0623 e. The molecule has 0 amide bonds. The summed E-state index contributed by atoms with van der Waals surface area (Å²) in [5.74, 6) is 0. The normalized spacial score (nSPS) is 6.75. The summed E-state index contributed by atoms with van der Waals surface area (Å²) in [6.45, 7) is 0. The third-order valence-corrected chi connectivity index (χ3v) is 0.667. The maximum atomic E-state index is 4.11. The van der Waals surface area contributed by atoms with Crippen molar-refractivity contribution in [2.75, 3.05) is 0 Å². The molecule has 2 heteroatoms. The predicted molar refractivity (Wildman–Crippen MR) is 38.1 cm³/mol. The fourth-order valence-corrected chi connectivity index (χ4v) is 0.385. The number of hydrogen-bond acceptors (Lipinski definition) is 0. The molecule has 0 aliphatic heterocycles. The van der Waals surface area contributed by atoms with Crippen molar-refractivity contribution >= 4 is 21.7 Å². The summed E-state index contributed by atoms with van der Waals surface area (Å²) < 4.78 is 0. The Kier molecular flexibility index (Phi) is 6.63. The molecule has 0 atom stereocenters. The van der Waals surface area contributed by atoms with Crippen molar-refractivity contribution in [2.24, 2.45) is 0 Å². The van der Waals surface area contributed by atoms with Crippen LogP contribution in [-0.2, 0) is 0 Å². The zero-order valence-electron chi connectivity index (χ0n) is 4.22. The van der Waals surface area contributed by atoms with Crippen molar-refractivity contribution < 1.29 is 0 Å². The van der Waals surface area contributed by atoms with Gasteiger partial charge in [0.25, 0.3) is 0 Å². The molecule has 1 aromatic carbocycles. The average Bonchev–Trinajstić information content (AvgIpc) is 1.96. The summed E-state index contributed by atoms with van der Waals surface area (Å²) in [7, 11) is 8.22. The predicted octanol–water partition coefficient (Wildman–Crippen LogP) is 3.07. The molecule has 0 nitrogen and oxygen atoms in total. The molecule has 0 bridgehead atoms. The van der Waals surface area contributed by atoms with E-state index in [1.165, 1.54) is 0 Å². The third kappa shape index (κ3) is 3.97. The zero-order valence-corrected chi connectivity index (χ0v) is 5.73. The van der Waals surface area contributed by atoms with Crippen molar-refractivity contribution in [1.29, 1.82) is 0 Å². The fourth-order valence-electron chi connectivity index (χ4n) is 0.385. The lowest BCUT2D eigenvalue weighted by Crippen LogP contribution is -1.47. The summed E-state index contributed by atoms with van der Waals surface area (Å²) in [6, 6.07) is 12.0. The standard InChI is InChI=1S/C6H6.Cl2/c1-2-4-6-5-3-1;1-2/h1-6H;. The van der Waals surface area contributed by atoms with Crippen LogP contribution in [0.25, 0.3) is 0 Å². The molecule has 0 N–H and O–H groups in total. The minimum absolute atomic E-state index is 2.00. The van der Waals surface area contributed by atoms with Gasteiger partial charge in [0.2, 0.25) is 0 Å². The van der Waals surface area contributed by atoms with Crippen molar-refractivity contribution in [3.05, 3.63) is 36.4 Å². The number of hydrogen-bond donors (Lipinski definition) is 0. The second-order valence-corrected chi connectivity index (χ2v) is 1.15. The summed E-state index contributed by atoms with van der Waals surface area (Å²) in [6.07, 6.45) is 0. The molecule has 0 aromatic heterocycles. The summed E-state index contributed by atoms with van der Waals surface area (Å²) in [4.78, 5) is 0. The lowest BCUT2D eigenvalue weighted by atomic mass is 10.4. The minimum atomic E-state index is 2.00.